The van der Waals surface area contributed by atoms with E-state index in [1.165, 1.54) is 23.4 Å². The molecular formula is C17H19NO3S. The number of nitrogens with zero attached hydrogens (tertiary/aromatic N) is 1. The van der Waals surface area contributed by atoms with E-state index in [4.69, 9.17) is 0 Å². The molecule has 2 aromatic carbocycles. The van der Waals surface area contributed by atoms with Gasteiger partial charge in [0.2, 0.25) is 0 Å². The van der Waals surface area contributed by atoms with Crippen molar-refractivity contribution in [3.8, 4) is 0 Å². The van der Waals surface area contributed by atoms with Gasteiger partial charge in [-0.2, -0.15) is 0 Å². The zero-order chi connectivity index (χ0) is 16.3. The minimum Gasteiger partial charge on any atom is -0.295 e. The van der Waals surface area contributed by atoms with Crippen LogP contribution in [-0.2, 0) is 10.0 Å². The summed E-state index contributed by atoms with van der Waals surface area (Å²) in [4.78, 5) is 11.5. The average molecular weight is 317 g/mol. The summed E-state index contributed by atoms with van der Waals surface area (Å²) >= 11 is 0. The van der Waals surface area contributed by atoms with Crippen LogP contribution in [-0.4, -0.2) is 20.7 Å². The van der Waals surface area contributed by atoms with Crippen molar-refractivity contribution in [1.82, 2.24) is 0 Å². The lowest BCUT2D eigenvalue weighted by Gasteiger charge is -2.23. The fourth-order valence-electron chi connectivity index (χ4n) is 2.26. The Morgan fingerprint density at radius 1 is 1.09 bits per heavy atom. The van der Waals surface area contributed by atoms with Gasteiger partial charge >= 0.3 is 0 Å². The van der Waals surface area contributed by atoms with Crippen LogP contribution in [0.1, 0.15) is 29.8 Å². The van der Waals surface area contributed by atoms with Gasteiger partial charge in [-0.25, -0.2) is 8.42 Å². The van der Waals surface area contributed by atoms with Crippen molar-refractivity contribution < 1.29 is 13.2 Å². The predicted molar refractivity (Wildman–Crippen MR) is 87.8 cm³/mol. The summed E-state index contributed by atoms with van der Waals surface area (Å²) in [6, 6.07) is 13.4. The quantitative estimate of drug-likeness (QED) is 0.794. The van der Waals surface area contributed by atoms with E-state index >= 15 is 0 Å². The lowest BCUT2D eigenvalue weighted by atomic mass is 10.2. The Balaban J connectivity index is 2.44. The highest BCUT2D eigenvalue weighted by molar-refractivity contribution is 7.92. The number of benzene rings is 2. The number of hydrogen-bond acceptors (Lipinski definition) is 3. The van der Waals surface area contributed by atoms with Crippen LogP contribution >= 0.6 is 0 Å². The molecule has 0 heterocycles. The molecule has 2 rings (SSSR count). The van der Waals surface area contributed by atoms with Gasteiger partial charge in [0, 0.05) is 12.1 Å². The highest BCUT2D eigenvalue weighted by Crippen LogP contribution is 2.24. The zero-order valence-electron chi connectivity index (χ0n) is 12.9. The van der Waals surface area contributed by atoms with Gasteiger partial charge in [0.25, 0.3) is 10.0 Å². The Morgan fingerprint density at radius 3 is 2.23 bits per heavy atom. The molecule has 0 aliphatic heterocycles. The van der Waals surface area contributed by atoms with E-state index in [-0.39, 0.29) is 10.7 Å². The maximum atomic E-state index is 12.8. The maximum Gasteiger partial charge on any atom is 0.264 e. The molecule has 0 spiro atoms. The van der Waals surface area contributed by atoms with Gasteiger partial charge in [-0.3, -0.25) is 9.10 Å². The molecule has 0 aliphatic carbocycles. The van der Waals surface area contributed by atoms with Gasteiger partial charge in [0.1, 0.15) is 0 Å². The molecule has 0 unspecified atom stereocenters. The van der Waals surface area contributed by atoms with Crippen LogP contribution in [0.3, 0.4) is 0 Å². The molecule has 116 valence electrons. The number of rotatable bonds is 5. The van der Waals surface area contributed by atoms with Crippen molar-refractivity contribution >= 4 is 21.5 Å². The molecule has 0 saturated carbocycles. The lowest BCUT2D eigenvalue weighted by molar-refractivity contribution is 0.101. The molecule has 0 N–H and O–H groups in total. The van der Waals surface area contributed by atoms with Crippen LogP contribution in [0, 0.1) is 6.92 Å². The Morgan fingerprint density at radius 2 is 1.73 bits per heavy atom. The van der Waals surface area contributed by atoms with Crippen molar-refractivity contribution in [1.29, 1.82) is 0 Å². The number of hydrogen-bond donors (Lipinski definition) is 0. The number of carbonyl (C=O) groups is 1. The Kier molecular flexibility index (Phi) is 4.66. The summed E-state index contributed by atoms with van der Waals surface area (Å²) < 4.78 is 27.0. The molecule has 5 heteroatoms. The van der Waals surface area contributed by atoms with Crippen LogP contribution in [0.2, 0.25) is 0 Å². The van der Waals surface area contributed by atoms with E-state index in [0.29, 0.717) is 17.8 Å². The van der Waals surface area contributed by atoms with E-state index in [9.17, 15) is 13.2 Å². The third-order valence-corrected chi connectivity index (χ3v) is 5.34. The van der Waals surface area contributed by atoms with E-state index < -0.39 is 10.0 Å². The third kappa shape index (κ3) is 3.20. The van der Waals surface area contributed by atoms with Crippen LogP contribution in [0.25, 0.3) is 0 Å². The number of Topliss-reactive ketones (excluding diaryl/α,β-unsaturated/α-hetero) is 1. The molecule has 4 nitrogen and oxygen atoms in total. The van der Waals surface area contributed by atoms with Gasteiger partial charge in [-0.05, 0) is 50.6 Å². The van der Waals surface area contributed by atoms with Gasteiger partial charge in [0.15, 0.2) is 5.78 Å². The first kappa shape index (κ1) is 16.2. The second-order valence-corrected chi connectivity index (χ2v) is 6.95. The predicted octanol–water partition coefficient (Wildman–Crippen LogP) is 3.41. The number of carbonyl (C=O) groups excluding carboxylic acids is 1. The summed E-state index contributed by atoms with van der Waals surface area (Å²) in [5.41, 5.74) is 2.13. The second-order valence-electron chi connectivity index (χ2n) is 5.09. The second kappa shape index (κ2) is 6.32. The minimum atomic E-state index is -3.64. The number of aryl methyl sites for hydroxylation is 1. The molecule has 0 bridgehead atoms. The molecule has 0 saturated heterocycles. The molecule has 2 aromatic rings. The topological polar surface area (TPSA) is 54.5 Å². The van der Waals surface area contributed by atoms with Crippen molar-refractivity contribution in [3.05, 3.63) is 59.7 Å². The highest BCUT2D eigenvalue weighted by Gasteiger charge is 2.23. The van der Waals surface area contributed by atoms with E-state index in [0.717, 1.165) is 5.56 Å². The Labute approximate surface area is 131 Å². The molecule has 0 atom stereocenters. The summed E-state index contributed by atoms with van der Waals surface area (Å²) in [6.07, 6.45) is 0. The highest BCUT2D eigenvalue weighted by atomic mass is 32.2. The van der Waals surface area contributed by atoms with E-state index in [2.05, 4.69) is 0 Å². The van der Waals surface area contributed by atoms with Gasteiger partial charge < -0.3 is 0 Å². The molecule has 0 radical (unpaired) electrons. The fraction of sp³-hybridized carbons (Fsp3) is 0.235. The lowest BCUT2D eigenvalue weighted by Crippen LogP contribution is -2.30. The van der Waals surface area contributed by atoms with Crippen molar-refractivity contribution in [2.75, 3.05) is 10.8 Å². The number of ketones is 1. The Bertz CT molecular complexity index is 780. The molecular weight excluding hydrogens is 298 g/mol. The normalized spacial score (nSPS) is 11.2. The first-order chi connectivity index (χ1) is 10.4. The summed E-state index contributed by atoms with van der Waals surface area (Å²) in [6.45, 7) is 5.50. The van der Waals surface area contributed by atoms with Crippen LogP contribution in [0.5, 0.6) is 0 Å². The zero-order valence-corrected chi connectivity index (χ0v) is 13.7. The van der Waals surface area contributed by atoms with Crippen molar-refractivity contribution in [3.63, 3.8) is 0 Å². The Hall–Kier alpha value is -2.14. The monoisotopic (exact) mass is 317 g/mol. The van der Waals surface area contributed by atoms with Gasteiger partial charge in [-0.1, -0.05) is 24.3 Å². The molecule has 0 amide bonds. The average Bonchev–Trinajstić information content (AvgIpc) is 2.48. The van der Waals surface area contributed by atoms with Crippen molar-refractivity contribution in [2.24, 2.45) is 0 Å². The SMILES string of the molecule is CCN(c1cccc(C)c1)S(=O)(=O)c1ccc(C(C)=O)cc1. The summed E-state index contributed by atoms with van der Waals surface area (Å²) in [5.74, 6) is -0.0880. The summed E-state index contributed by atoms with van der Waals surface area (Å²) in [7, 11) is -3.64. The van der Waals surface area contributed by atoms with Crippen LogP contribution in [0.15, 0.2) is 53.4 Å². The minimum absolute atomic E-state index is 0.0880. The molecule has 0 aliphatic rings. The smallest absolute Gasteiger partial charge is 0.264 e. The number of sulfonamides is 1. The first-order valence-corrected chi connectivity index (χ1v) is 8.50. The fourth-order valence-corrected chi connectivity index (χ4v) is 3.73. The van der Waals surface area contributed by atoms with Crippen LogP contribution in [0.4, 0.5) is 5.69 Å². The van der Waals surface area contributed by atoms with E-state index in [1.807, 2.05) is 25.1 Å². The summed E-state index contributed by atoms with van der Waals surface area (Å²) in [5, 5.41) is 0. The standard InChI is InChI=1S/C17H19NO3S/c1-4-18(16-7-5-6-13(2)12-16)22(20,21)17-10-8-15(9-11-17)14(3)19/h5-12H,4H2,1-3H3. The van der Waals surface area contributed by atoms with Crippen LogP contribution < -0.4 is 4.31 Å². The largest absolute Gasteiger partial charge is 0.295 e. The third-order valence-electron chi connectivity index (χ3n) is 3.43. The number of anilines is 1. The van der Waals surface area contributed by atoms with E-state index in [1.54, 1.807) is 25.1 Å². The molecule has 0 fully saturated rings. The molecule has 0 aromatic heterocycles. The maximum absolute atomic E-state index is 12.8. The van der Waals surface area contributed by atoms with Crippen molar-refractivity contribution in [2.45, 2.75) is 25.7 Å². The molecule has 22 heavy (non-hydrogen) atoms. The van der Waals surface area contributed by atoms with Gasteiger partial charge in [0.05, 0.1) is 10.6 Å². The van der Waals surface area contributed by atoms with Gasteiger partial charge in [-0.15, -0.1) is 0 Å². The first-order valence-electron chi connectivity index (χ1n) is 7.06.